The Kier molecular flexibility index (Phi) is 6.83. The van der Waals surface area contributed by atoms with E-state index in [0.29, 0.717) is 6.54 Å². The van der Waals surface area contributed by atoms with Crippen molar-refractivity contribution in [1.29, 1.82) is 0 Å². The molecule has 0 spiro atoms. The lowest BCUT2D eigenvalue weighted by molar-refractivity contribution is -1.02. The van der Waals surface area contributed by atoms with Crippen LogP contribution in [0.4, 0.5) is 0 Å². The average molecular weight is 361 g/mol. The Morgan fingerprint density at radius 1 is 1.26 bits per heavy atom. The van der Waals surface area contributed by atoms with Crippen molar-refractivity contribution in [2.45, 2.75) is 6.54 Å². The first-order valence-electron chi connectivity index (χ1n) is 7.84. The number of rotatable bonds is 6. The molecule has 23 heavy (non-hydrogen) atoms. The molecule has 0 saturated carbocycles. The van der Waals surface area contributed by atoms with E-state index < -0.39 is 0 Å². The van der Waals surface area contributed by atoms with Gasteiger partial charge >= 0.3 is 0 Å². The van der Waals surface area contributed by atoms with Crippen LogP contribution >= 0.6 is 22.9 Å². The number of quaternary nitrogens is 2. The van der Waals surface area contributed by atoms with Gasteiger partial charge in [-0.05, 0) is 12.1 Å². The van der Waals surface area contributed by atoms with Crippen molar-refractivity contribution in [3.8, 4) is 0 Å². The van der Waals surface area contributed by atoms with E-state index in [0.717, 1.165) is 37.1 Å². The molecule has 1 aromatic rings. The first-order valence-corrected chi connectivity index (χ1v) is 9.03. The fourth-order valence-electron chi connectivity index (χ4n) is 2.74. The number of thiophene rings is 1. The molecule has 1 saturated heterocycles. The molecule has 128 valence electrons. The van der Waals surface area contributed by atoms with Gasteiger partial charge in [-0.15, -0.1) is 11.3 Å². The Bertz CT molecular complexity index is 543. The molecule has 1 fully saturated rings. The summed E-state index contributed by atoms with van der Waals surface area (Å²) in [6.07, 6.45) is 0. The first kappa shape index (κ1) is 18.2. The van der Waals surface area contributed by atoms with Crippen LogP contribution in [0.3, 0.4) is 0 Å². The molecule has 0 radical (unpaired) electrons. The normalized spacial score (nSPS) is 21.0. The van der Waals surface area contributed by atoms with Gasteiger partial charge in [0, 0.05) is 14.1 Å². The van der Waals surface area contributed by atoms with E-state index in [9.17, 15) is 9.59 Å². The molecule has 1 aliphatic heterocycles. The van der Waals surface area contributed by atoms with Crippen LogP contribution in [0, 0.1) is 0 Å². The quantitative estimate of drug-likeness (QED) is 0.544. The van der Waals surface area contributed by atoms with Gasteiger partial charge in [-0.1, -0.05) is 11.6 Å². The summed E-state index contributed by atoms with van der Waals surface area (Å²) in [7, 11) is 3.26. The third-order valence-corrected chi connectivity index (χ3v) is 5.44. The highest BCUT2D eigenvalue weighted by Crippen LogP contribution is 2.20. The Hall–Kier alpha value is -1.15. The van der Waals surface area contributed by atoms with Crippen LogP contribution in [0.1, 0.15) is 4.88 Å². The van der Waals surface area contributed by atoms with Crippen molar-refractivity contribution < 1.29 is 19.4 Å². The van der Waals surface area contributed by atoms with E-state index in [1.54, 1.807) is 30.3 Å². The van der Waals surface area contributed by atoms with Gasteiger partial charge in [0.15, 0.2) is 6.54 Å². The van der Waals surface area contributed by atoms with Crippen LogP contribution in [0.25, 0.3) is 0 Å². The lowest BCUT2D eigenvalue weighted by Crippen LogP contribution is -3.28. The smallest absolute Gasteiger partial charge is 0.277 e. The van der Waals surface area contributed by atoms with Crippen LogP contribution in [-0.4, -0.2) is 70.1 Å². The second kappa shape index (κ2) is 8.63. The zero-order valence-electron chi connectivity index (χ0n) is 13.7. The van der Waals surface area contributed by atoms with Gasteiger partial charge in [-0.2, -0.15) is 0 Å². The van der Waals surface area contributed by atoms with Crippen molar-refractivity contribution >= 4 is 34.8 Å². The van der Waals surface area contributed by atoms with Crippen LogP contribution in [0.5, 0.6) is 0 Å². The number of hydrogen-bond donors (Lipinski definition) is 3. The predicted molar refractivity (Wildman–Crippen MR) is 91.0 cm³/mol. The molecule has 0 bridgehead atoms. The van der Waals surface area contributed by atoms with Gasteiger partial charge in [0.1, 0.15) is 32.7 Å². The van der Waals surface area contributed by atoms with Crippen molar-refractivity contribution in [2.24, 2.45) is 0 Å². The molecule has 0 aromatic carbocycles. The van der Waals surface area contributed by atoms with Crippen LogP contribution in [0.2, 0.25) is 4.34 Å². The summed E-state index contributed by atoms with van der Waals surface area (Å²) in [6.45, 7) is 5.66. The zero-order chi connectivity index (χ0) is 16.8. The first-order chi connectivity index (χ1) is 11.0. The Balaban J connectivity index is 1.71. The molecule has 0 aliphatic carbocycles. The second-order valence-corrected chi connectivity index (χ2v) is 7.78. The number of nitrogens with zero attached hydrogens (tertiary/aromatic N) is 1. The van der Waals surface area contributed by atoms with E-state index in [4.69, 9.17) is 11.6 Å². The Labute approximate surface area is 146 Å². The third kappa shape index (κ3) is 5.76. The van der Waals surface area contributed by atoms with Gasteiger partial charge in [0.25, 0.3) is 5.91 Å². The SMILES string of the molecule is CNC(=O)CN(C)C(=O)C[NH+]1CC[NH+](Cc2ccc(Cl)s2)CC1. The highest BCUT2D eigenvalue weighted by Gasteiger charge is 2.26. The second-order valence-electron chi connectivity index (χ2n) is 5.98. The number of amides is 2. The summed E-state index contributed by atoms with van der Waals surface area (Å²) in [4.78, 5) is 29.1. The predicted octanol–water partition coefficient (Wildman–Crippen LogP) is -2.11. The zero-order valence-corrected chi connectivity index (χ0v) is 15.2. The molecule has 6 nitrogen and oxygen atoms in total. The minimum Gasteiger partial charge on any atom is -0.358 e. The number of hydrogen-bond acceptors (Lipinski definition) is 3. The van der Waals surface area contributed by atoms with Crippen LogP contribution < -0.4 is 15.1 Å². The van der Waals surface area contributed by atoms with E-state index in [2.05, 4.69) is 11.4 Å². The van der Waals surface area contributed by atoms with Crippen LogP contribution in [0.15, 0.2) is 12.1 Å². The molecule has 8 heteroatoms. The highest BCUT2D eigenvalue weighted by atomic mass is 35.5. The lowest BCUT2D eigenvalue weighted by Gasteiger charge is -2.30. The molecule has 1 aliphatic rings. The molecule has 2 heterocycles. The monoisotopic (exact) mass is 360 g/mol. The van der Waals surface area contributed by atoms with Gasteiger partial charge < -0.3 is 20.0 Å². The van der Waals surface area contributed by atoms with Gasteiger partial charge in [0.05, 0.1) is 15.8 Å². The van der Waals surface area contributed by atoms with E-state index in [-0.39, 0.29) is 18.4 Å². The molecule has 0 atom stereocenters. The van der Waals surface area contributed by atoms with Gasteiger partial charge in [-0.3, -0.25) is 9.59 Å². The molecular weight excluding hydrogens is 336 g/mol. The fourth-order valence-corrected chi connectivity index (χ4v) is 3.89. The number of carbonyl (C=O) groups is 2. The summed E-state index contributed by atoms with van der Waals surface area (Å²) < 4.78 is 0.841. The van der Waals surface area contributed by atoms with E-state index >= 15 is 0 Å². The summed E-state index contributed by atoms with van der Waals surface area (Å²) in [5.74, 6) is -0.114. The standard InChI is InChI=1S/C15H23ClN4O2S/c1-17-14(21)10-18(2)15(22)11-20-7-5-19(6-8-20)9-12-3-4-13(16)23-12/h3-4H,5-11H2,1-2H3,(H,17,21)/p+2. The molecule has 2 amide bonds. The van der Waals surface area contributed by atoms with Crippen molar-refractivity contribution in [2.75, 3.05) is 53.4 Å². The summed E-state index contributed by atoms with van der Waals surface area (Å²) >= 11 is 7.61. The minimum absolute atomic E-state index is 0.0251. The third-order valence-electron chi connectivity index (χ3n) is 4.20. The number of halogens is 1. The fraction of sp³-hybridized carbons (Fsp3) is 0.600. The Morgan fingerprint density at radius 3 is 2.48 bits per heavy atom. The summed E-state index contributed by atoms with van der Waals surface area (Å²) in [5, 5.41) is 2.53. The maximum absolute atomic E-state index is 12.1. The van der Waals surface area contributed by atoms with E-state index in [1.165, 1.54) is 14.7 Å². The maximum atomic E-state index is 12.1. The number of carbonyl (C=O) groups excluding carboxylic acids is 2. The minimum atomic E-state index is -0.139. The molecule has 1 aromatic heterocycles. The average Bonchev–Trinajstić information content (AvgIpc) is 2.94. The molecule has 0 unspecified atom stereocenters. The molecular formula is C15H25ClN4O2S+2. The topological polar surface area (TPSA) is 58.3 Å². The number of nitrogens with one attached hydrogen (secondary N) is 3. The van der Waals surface area contributed by atoms with Crippen molar-refractivity contribution in [3.05, 3.63) is 21.3 Å². The Morgan fingerprint density at radius 2 is 1.91 bits per heavy atom. The number of likely N-dealkylation sites (N-methyl/N-ethyl adjacent to an activating group) is 2. The van der Waals surface area contributed by atoms with E-state index in [1.807, 2.05) is 6.07 Å². The number of piperazine rings is 1. The maximum Gasteiger partial charge on any atom is 0.277 e. The van der Waals surface area contributed by atoms with Crippen LogP contribution in [-0.2, 0) is 16.1 Å². The highest BCUT2D eigenvalue weighted by molar-refractivity contribution is 7.16. The van der Waals surface area contributed by atoms with Crippen molar-refractivity contribution in [3.63, 3.8) is 0 Å². The summed E-state index contributed by atoms with van der Waals surface area (Å²) in [6, 6.07) is 4.04. The molecule has 3 N–H and O–H groups in total. The largest absolute Gasteiger partial charge is 0.358 e. The summed E-state index contributed by atoms with van der Waals surface area (Å²) in [5.41, 5.74) is 0. The lowest BCUT2D eigenvalue weighted by atomic mass is 10.3. The van der Waals surface area contributed by atoms with Crippen molar-refractivity contribution in [1.82, 2.24) is 10.2 Å². The van der Waals surface area contributed by atoms with Gasteiger partial charge in [-0.25, -0.2) is 0 Å². The molecule has 2 rings (SSSR count). The van der Waals surface area contributed by atoms with Gasteiger partial charge in [0.2, 0.25) is 5.91 Å².